The number of nitrogens with one attached hydrogen (secondary N) is 5. The van der Waals surface area contributed by atoms with E-state index in [2.05, 4.69) is 55.9 Å². The molecule has 5 N–H and O–H groups in total. The smallest absolute Gasteiger partial charge is 0.227 e. The van der Waals surface area contributed by atoms with Gasteiger partial charge in [0.15, 0.2) is 0 Å². The first kappa shape index (κ1) is 26.7. The third-order valence-electron chi connectivity index (χ3n) is 8.28. The second kappa shape index (κ2) is 10.9. The average molecular weight is 574 g/mol. The highest BCUT2D eigenvalue weighted by Gasteiger charge is 2.36. The zero-order valence-corrected chi connectivity index (χ0v) is 23.8. The van der Waals surface area contributed by atoms with Gasteiger partial charge in [-0.2, -0.15) is 5.10 Å². The maximum Gasteiger partial charge on any atom is 0.227 e. The molecule has 4 heterocycles. The Morgan fingerprint density at radius 2 is 1.93 bits per heavy atom. The van der Waals surface area contributed by atoms with Crippen LogP contribution in [0, 0.1) is 11.7 Å². The SMILES string of the molecule is C=CN/C=C(\C=C(/C)NC(=O)C1CCCC1)c1ccc2[nH]nc(-c3cc4c([nH]3)C3NC3=CC=C4c3ccc(F)cc3)c2n1. The van der Waals surface area contributed by atoms with Crippen molar-refractivity contribution in [1.82, 2.24) is 36.1 Å². The van der Waals surface area contributed by atoms with E-state index in [1.807, 2.05) is 31.3 Å². The minimum absolute atomic E-state index is 0.0755. The molecule has 8 nitrogen and oxygen atoms in total. The van der Waals surface area contributed by atoms with E-state index >= 15 is 0 Å². The van der Waals surface area contributed by atoms with Crippen molar-refractivity contribution in [3.8, 4) is 11.4 Å². The van der Waals surface area contributed by atoms with Gasteiger partial charge in [-0.15, -0.1) is 0 Å². The summed E-state index contributed by atoms with van der Waals surface area (Å²) in [7, 11) is 0. The van der Waals surface area contributed by atoms with Crippen LogP contribution in [0.15, 0.2) is 91.1 Å². The molecule has 1 amide bonds. The molecule has 9 heteroatoms. The van der Waals surface area contributed by atoms with E-state index in [1.54, 1.807) is 18.3 Å². The molecule has 3 aromatic heterocycles. The van der Waals surface area contributed by atoms with Crippen molar-refractivity contribution < 1.29 is 9.18 Å². The number of fused-ring (bicyclic) bond motifs is 4. The molecular formula is C34H32FN7O. The number of H-pyrrole nitrogens is 2. The maximum atomic E-state index is 13.7. The quantitative estimate of drug-likeness (QED) is 0.124. The standard InChI is InChI=1S/C34H32FN7O/c1-3-36-18-22(16-19(2)37-34(43)21-6-4-5-7-21)26-14-15-28-32(38-26)33(42-41-28)29-17-25-24(20-8-10-23(35)11-9-20)12-13-27-31(39-27)30(25)40-29/h3,8-18,21,31,36,39-40H,1,4-7H2,2H3,(H,37,43)(H,41,42)/b19-16+,22-18+. The van der Waals surface area contributed by atoms with Crippen LogP contribution < -0.4 is 16.0 Å². The molecule has 1 saturated heterocycles. The number of allylic oxidation sites excluding steroid dienone is 5. The highest BCUT2D eigenvalue weighted by Crippen LogP contribution is 2.44. The maximum absolute atomic E-state index is 13.7. The largest absolute Gasteiger partial charge is 0.373 e. The fourth-order valence-electron chi connectivity index (χ4n) is 6.03. The van der Waals surface area contributed by atoms with Gasteiger partial charge in [0, 0.05) is 34.6 Å². The molecule has 1 aliphatic heterocycles. The van der Waals surface area contributed by atoms with E-state index in [1.165, 1.54) is 12.1 Å². The molecule has 3 aliphatic rings. The van der Waals surface area contributed by atoms with Crippen molar-refractivity contribution in [1.29, 1.82) is 0 Å². The first-order valence-electron chi connectivity index (χ1n) is 14.6. The number of pyridine rings is 1. The summed E-state index contributed by atoms with van der Waals surface area (Å²) in [4.78, 5) is 21.3. The molecule has 4 aromatic rings. The molecule has 7 rings (SSSR count). The number of rotatable bonds is 8. The molecule has 1 saturated carbocycles. The van der Waals surface area contributed by atoms with Crippen molar-refractivity contribution in [2.75, 3.05) is 0 Å². The Hall–Kier alpha value is -5.18. The molecular weight excluding hydrogens is 541 g/mol. The molecule has 1 unspecified atom stereocenters. The number of carbonyl (C=O) groups excluding carboxylic acids is 1. The molecule has 43 heavy (non-hydrogen) atoms. The van der Waals surface area contributed by atoms with Gasteiger partial charge in [-0.1, -0.05) is 37.6 Å². The number of aromatic amines is 2. The number of amides is 1. The lowest BCUT2D eigenvalue weighted by molar-refractivity contribution is -0.124. The lowest BCUT2D eigenvalue weighted by Crippen LogP contribution is -2.27. The Kier molecular flexibility index (Phi) is 6.77. The van der Waals surface area contributed by atoms with Crippen molar-refractivity contribution in [3.63, 3.8) is 0 Å². The van der Waals surface area contributed by atoms with E-state index in [-0.39, 0.29) is 23.7 Å². The Morgan fingerprint density at radius 1 is 1.12 bits per heavy atom. The number of benzene rings is 1. The predicted molar refractivity (Wildman–Crippen MR) is 166 cm³/mol. The summed E-state index contributed by atoms with van der Waals surface area (Å²) in [5.41, 5.74) is 10.4. The van der Waals surface area contributed by atoms with Crippen LogP contribution in [-0.2, 0) is 4.79 Å². The first-order chi connectivity index (χ1) is 21.0. The molecule has 2 fully saturated rings. The topological polar surface area (TPSA) is 120 Å². The van der Waals surface area contributed by atoms with Gasteiger partial charge >= 0.3 is 0 Å². The van der Waals surface area contributed by atoms with Gasteiger partial charge in [0.05, 0.1) is 22.6 Å². The van der Waals surface area contributed by atoms with Crippen LogP contribution in [0.25, 0.3) is 33.6 Å². The van der Waals surface area contributed by atoms with Crippen LogP contribution in [0.2, 0.25) is 0 Å². The van der Waals surface area contributed by atoms with Crippen LogP contribution in [0.1, 0.15) is 61.2 Å². The summed E-state index contributed by atoms with van der Waals surface area (Å²) in [5, 5.41) is 17.3. The molecule has 0 radical (unpaired) electrons. The zero-order valence-electron chi connectivity index (χ0n) is 23.8. The number of hydrogen-bond donors (Lipinski definition) is 5. The van der Waals surface area contributed by atoms with Gasteiger partial charge in [-0.05, 0) is 79.6 Å². The van der Waals surface area contributed by atoms with Gasteiger partial charge in [0.2, 0.25) is 5.91 Å². The molecule has 0 spiro atoms. The third-order valence-corrected chi connectivity index (χ3v) is 8.28. The summed E-state index contributed by atoms with van der Waals surface area (Å²) < 4.78 is 13.7. The fraction of sp³-hybridized carbons (Fsp3) is 0.206. The van der Waals surface area contributed by atoms with Crippen molar-refractivity contribution in [2.24, 2.45) is 5.92 Å². The van der Waals surface area contributed by atoms with Gasteiger partial charge in [0.25, 0.3) is 0 Å². The first-order valence-corrected chi connectivity index (χ1v) is 14.6. The summed E-state index contributed by atoms with van der Waals surface area (Å²) in [5.74, 6) is -0.109. The molecule has 0 bridgehead atoms. The Bertz CT molecular complexity index is 1870. The van der Waals surface area contributed by atoms with Crippen molar-refractivity contribution >= 4 is 28.1 Å². The van der Waals surface area contributed by atoms with E-state index in [0.717, 1.165) is 76.3 Å². The number of hydrogen-bond acceptors (Lipinski definition) is 5. The van der Waals surface area contributed by atoms with Crippen LogP contribution in [0.3, 0.4) is 0 Å². The lowest BCUT2D eigenvalue weighted by Gasteiger charge is -2.11. The molecule has 2 aliphatic carbocycles. The summed E-state index contributed by atoms with van der Waals surface area (Å²) in [6.07, 6.45) is 13.6. The highest BCUT2D eigenvalue weighted by molar-refractivity contribution is 5.93. The van der Waals surface area contributed by atoms with E-state index in [9.17, 15) is 9.18 Å². The lowest BCUT2D eigenvalue weighted by atomic mass is 9.97. The number of aromatic nitrogens is 4. The zero-order chi connectivity index (χ0) is 29.5. The molecule has 1 aromatic carbocycles. The number of nitrogens with zero attached hydrogens (tertiary/aromatic N) is 2. The minimum atomic E-state index is -0.265. The Labute approximate surface area is 248 Å². The molecule has 216 valence electrons. The normalized spacial score (nSPS) is 18.2. The summed E-state index contributed by atoms with van der Waals surface area (Å²) >= 11 is 0. The number of carbonyl (C=O) groups is 1. The minimum Gasteiger partial charge on any atom is -0.373 e. The summed E-state index contributed by atoms with van der Waals surface area (Å²) in [6.45, 7) is 5.66. The van der Waals surface area contributed by atoms with Crippen LogP contribution in [0.4, 0.5) is 4.39 Å². The summed E-state index contributed by atoms with van der Waals surface area (Å²) in [6, 6.07) is 12.6. The van der Waals surface area contributed by atoms with Gasteiger partial charge < -0.3 is 20.9 Å². The van der Waals surface area contributed by atoms with E-state index in [0.29, 0.717) is 16.9 Å². The van der Waals surface area contributed by atoms with Crippen LogP contribution in [0.5, 0.6) is 0 Å². The fourth-order valence-corrected chi connectivity index (χ4v) is 6.03. The van der Waals surface area contributed by atoms with E-state index in [4.69, 9.17) is 4.98 Å². The van der Waals surface area contributed by atoms with Crippen LogP contribution >= 0.6 is 0 Å². The Balaban J connectivity index is 1.24. The average Bonchev–Trinajstić information content (AvgIpc) is 3.36. The highest BCUT2D eigenvalue weighted by atomic mass is 19.1. The number of halogens is 1. The molecule has 1 atom stereocenters. The van der Waals surface area contributed by atoms with Gasteiger partial charge in [-0.25, -0.2) is 9.37 Å². The van der Waals surface area contributed by atoms with E-state index < -0.39 is 0 Å². The predicted octanol–water partition coefficient (Wildman–Crippen LogP) is 6.35. The van der Waals surface area contributed by atoms with Crippen LogP contribution in [-0.4, -0.2) is 26.1 Å². The Morgan fingerprint density at radius 3 is 2.72 bits per heavy atom. The monoisotopic (exact) mass is 573 g/mol. The van der Waals surface area contributed by atoms with Gasteiger partial charge in [-0.3, -0.25) is 9.89 Å². The van der Waals surface area contributed by atoms with Crippen molar-refractivity contribution in [2.45, 2.75) is 38.6 Å². The second-order valence-electron chi connectivity index (χ2n) is 11.2. The third kappa shape index (κ3) is 5.18. The second-order valence-corrected chi connectivity index (χ2v) is 11.2. The van der Waals surface area contributed by atoms with Gasteiger partial charge in [0.1, 0.15) is 23.1 Å². The van der Waals surface area contributed by atoms with Crippen molar-refractivity contribution in [3.05, 3.63) is 119 Å².